The standard InChI is InChI=1S/C28H26O6.C24H18O6.C23H20O3.C22H18O2/c1-31-25-15-13-21(17-23(25)27(29)33-3)11-9-19-5-7-20(8-6-19)10-12-22-14-16-26(32-2)24(18-22)28(30)34-4;25-21-11-9-17(13-19(21)23(27)28)7-5-15-1-2-16(4-3-15)6-8-18-10-12-22(26)20(14-18)24(29)30;1-26-23-16-19(3-2-17-6-12-21(24)13-7-17)5-11-20(23)10-4-18-8-14-22(25)15-9-18;23-21-13-9-19(10-14-21)7-5-17-1-2-18(4-3-17)6-8-20-11-15-22(24)16-12-20/h5-18H,1-4H3;1-14,25-26H,(H,27,28)(H,29,30);2-16,24-25H,1H3;1-16,23-24H/b11-9+,12-10+;7-5+,8-6+;3-2+,10-4+;7-5+,8-6+. The van der Waals surface area contributed by atoms with E-state index >= 15 is 0 Å². The minimum absolute atomic E-state index is 0.155. The van der Waals surface area contributed by atoms with Crippen molar-refractivity contribution in [1.29, 1.82) is 0 Å². The predicted molar refractivity (Wildman–Crippen MR) is 455 cm³/mol. The molecule has 8 N–H and O–H groups in total. The molecule has 0 radical (unpaired) electrons. The number of rotatable bonds is 23. The highest BCUT2D eigenvalue weighted by Crippen LogP contribution is 2.29. The van der Waals surface area contributed by atoms with E-state index in [1.807, 2.05) is 212 Å². The Kier molecular flexibility index (Phi) is 30.3. The normalized spacial score (nSPS) is 11.2. The summed E-state index contributed by atoms with van der Waals surface area (Å²) in [5, 5.41) is 74.5. The minimum atomic E-state index is -1.19. The molecule has 0 amide bonds. The average molecular weight is 1520 g/mol. The smallest absolute Gasteiger partial charge is 0.341 e. The third kappa shape index (κ3) is 25.7. The van der Waals surface area contributed by atoms with Gasteiger partial charge in [0.25, 0.3) is 0 Å². The summed E-state index contributed by atoms with van der Waals surface area (Å²) in [6.45, 7) is 0. The molecule has 0 spiro atoms. The zero-order valence-corrected chi connectivity index (χ0v) is 62.8. The van der Waals surface area contributed by atoms with Crippen molar-refractivity contribution in [2.24, 2.45) is 0 Å². The molecule has 0 aromatic heterocycles. The quantitative estimate of drug-likeness (QED) is 0.0218. The molecular weight excluding hydrogens is 1440 g/mol. The van der Waals surface area contributed by atoms with Crippen molar-refractivity contribution in [3.8, 4) is 51.7 Å². The van der Waals surface area contributed by atoms with Gasteiger partial charge in [-0.2, -0.15) is 0 Å². The van der Waals surface area contributed by atoms with Gasteiger partial charge < -0.3 is 64.5 Å². The first kappa shape index (κ1) is 82.7. The number of ether oxygens (including phenoxy) is 5. The van der Waals surface area contributed by atoms with Crippen LogP contribution in [0.1, 0.15) is 130 Å². The van der Waals surface area contributed by atoms with Crippen LogP contribution in [0.2, 0.25) is 0 Å². The Morgan fingerprint density at radius 2 is 0.412 bits per heavy atom. The number of esters is 2. The summed E-state index contributed by atoms with van der Waals surface area (Å²) >= 11 is 0. The van der Waals surface area contributed by atoms with E-state index in [1.54, 1.807) is 104 Å². The van der Waals surface area contributed by atoms with Gasteiger partial charge >= 0.3 is 23.9 Å². The van der Waals surface area contributed by atoms with Crippen LogP contribution in [0.25, 0.3) is 97.2 Å². The van der Waals surface area contributed by atoms with Crippen LogP contribution in [0.3, 0.4) is 0 Å². The Bertz CT molecular complexity index is 5250. The number of aromatic hydroxyl groups is 6. The van der Waals surface area contributed by atoms with Gasteiger partial charge in [0, 0.05) is 5.56 Å². The molecule has 0 fully saturated rings. The molecule has 17 heteroatoms. The lowest BCUT2D eigenvalue weighted by molar-refractivity contribution is 0.0588. The third-order valence-electron chi connectivity index (χ3n) is 17.1. The summed E-state index contributed by atoms with van der Waals surface area (Å²) in [4.78, 5) is 46.1. The fourth-order valence-corrected chi connectivity index (χ4v) is 10.9. The SMILES string of the molecule is COC(=O)c1cc(/C=C/c2ccc(/C=C/c3ccc(OC)c(C(=O)OC)c3)cc2)ccc1OC.COc1cc(/C=C/c2ccc(O)cc2)ccc1/C=C/c1ccc(O)cc1.O=C(O)c1cc(/C=C/c2ccc(/C=C/c3ccc(O)c(C(=O)O)c3)cc2)ccc1O.Oc1ccc(/C=C/c2ccc(/C=C/c3ccc(O)cc3)cc2)cc1. The highest BCUT2D eigenvalue weighted by molar-refractivity contribution is 5.95. The maximum Gasteiger partial charge on any atom is 0.341 e. The van der Waals surface area contributed by atoms with Gasteiger partial charge in [-0.05, 0) is 187 Å². The highest BCUT2D eigenvalue weighted by atomic mass is 16.5. The summed E-state index contributed by atoms with van der Waals surface area (Å²) in [5.74, 6) is -1.05. The van der Waals surface area contributed by atoms with Crippen LogP contribution in [-0.2, 0) is 9.47 Å². The van der Waals surface area contributed by atoms with Crippen molar-refractivity contribution < 1.29 is 83.7 Å². The summed E-state index contributed by atoms with van der Waals surface area (Å²) in [6.07, 6.45) is 31.0. The van der Waals surface area contributed by atoms with E-state index in [2.05, 4.69) is 24.3 Å². The van der Waals surface area contributed by atoms with E-state index in [0.717, 1.165) is 83.6 Å². The maximum atomic E-state index is 12.0. The van der Waals surface area contributed by atoms with E-state index in [-0.39, 0.29) is 45.6 Å². The number of carboxylic acids is 2. The monoisotopic (exact) mass is 1520 g/mol. The highest BCUT2D eigenvalue weighted by Gasteiger charge is 2.16. The Morgan fingerprint density at radius 1 is 0.219 bits per heavy atom. The van der Waals surface area contributed by atoms with Gasteiger partial charge in [-0.15, -0.1) is 0 Å². The van der Waals surface area contributed by atoms with Crippen molar-refractivity contribution in [1.82, 2.24) is 0 Å². The predicted octanol–water partition coefficient (Wildman–Crippen LogP) is 21.3. The maximum absolute atomic E-state index is 12.0. The first-order valence-corrected chi connectivity index (χ1v) is 35.4. The third-order valence-corrected chi connectivity index (χ3v) is 17.1. The van der Waals surface area contributed by atoms with Crippen molar-refractivity contribution in [3.63, 3.8) is 0 Å². The molecule has 0 saturated heterocycles. The lowest BCUT2D eigenvalue weighted by Gasteiger charge is -2.07. The number of phenolic OH excluding ortho intramolecular Hbond substituents is 4. The first-order valence-electron chi connectivity index (χ1n) is 35.4. The van der Waals surface area contributed by atoms with Crippen LogP contribution in [0.4, 0.5) is 0 Å². The van der Waals surface area contributed by atoms with E-state index < -0.39 is 23.9 Å². The van der Waals surface area contributed by atoms with Gasteiger partial charge in [0.2, 0.25) is 0 Å². The molecule has 0 heterocycles. The Labute approximate surface area is 660 Å². The number of benzene rings is 12. The van der Waals surface area contributed by atoms with Crippen LogP contribution in [0.15, 0.2) is 261 Å². The second-order valence-corrected chi connectivity index (χ2v) is 25.1. The van der Waals surface area contributed by atoms with Crippen molar-refractivity contribution in [2.75, 3.05) is 35.5 Å². The number of carbonyl (C=O) groups is 4. The summed E-state index contributed by atoms with van der Waals surface area (Å²) in [7, 11) is 7.36. The van der Waals surface area contributed by atoms with Gasteiger partial charge in [0.1, 0.15) is 74.0 Å². The van der Waals surface area contributed by atoms with E-state index in [9.17, 15) is 49.8 Å². The Balaban J connectivity index is 0.000000175. The number of hydrogen-bond acceptors (Lipinski definition) is 15. The minimum Gasteiger partial charge on any atom is -0.508 e. The van der Waals surface area contributed by atoms with Crippen molar-refractivity contribution >= 4 is 121 Å². The van der Waals surface area contributed by atoms with Gasteiger partial charge in [0.05, 0.1) is 35.5 Å². The molecule has 12 aromatic carbocycles. The molecule has 0 aliphatic carbocycles. The van der Waals surface area contributed by atoms with Crippen LogP contribution < -0.4 is 14.2 Å². The number of methoxy groups -OCH3 is 5. The van der Waals surface area contributed by atoms with E-state index in [4.69, 9.17) is 33.9 Å². The van der Waals surface area contributed by atoms with Crippen LogP contribution >= 0.6 is 0 Å². The molecule has 12 rings (SSSR count). The summed E-state index contributed by atoms with van der Waals surface area (Å²) in [6, 6.07) is 77.5. The molecule has 0 bridgehead atoms. The van der Waals surface area contributed by atoms with E-state index in [0.29, 0.717) is 33.8 Å². The Morgan fingerprint density at radius 3 is 0.649 bits per heavy atom. The Hall–Kier alpha value is -15.4. The van der Waals surface area contributed by atoms with Crippen molar-refractivity contribution in [3.05, 3.63) is 372 Å². The topological polar surface area (TPSA) is 276 Å². The number of hydrogen-bond donors (Lipinski definition) is 8. The van der Waals surface area contributed by atoms with Gasteiger partial charge in [-0.1, -0.05) is 255 Å². The van der Waals surface area contributed by atoms with Crippen LogP contribution in [0, 0.1) is 0 Å². The number of carboxylic acid groups (broad SMARTS) is 2. The van der Waals surface area contributed by atoms with E-state index in [1.165, 1.54) is 52.7 Å². The number of carbonyl (C=O) groups excluding carboxylic acids is 2. The zero-order valence-electron chi connectivity index (χ0n) is 62.8. The largest absolute Gasteiger partial charge is 0.508 e. The van der Waals surface area contributed by atoms with Crippen LogP contribution in [0.5, 0.6) is 51.7 Å². The number of phenols is 6. The fraction of sp³-hybridized carbons (Fsp3) is 0.0515. The van der Waals surface area contributed by atoms with Gasteiger partial charge in [-0.25, -0.2) is 19.2 Å². The first-order chi connectivity index (χ1) is 55.1. The molecule has 114 heavy (non-hydrogen) atoms. The zero-order chi connectivity index (χ0) is 81.3. The van der Waals surface area contributed by atoms with Crippen LogP contribution in [-0.4, -0.2) is 100 Å². The summed E-state index contributed by atoms with van der Waals surface area (Å²) in [5.41, 5.74) is 15.6. The molecule has 572 valence electrons. The molecular formula is C97H82O17. The van der Waals surface area contributed by atoms with Crippen molar-refractivity contribution in [2.45, 2.75) is 0 Å². The molecule has 0 atom stereocenters. The van der Waals surface area contributed by atoms with Gasteiger partial charge in [-0.3, -0.25) is 0 Å². The molecule has 0 unspecified atom stereocenters. The second-order valence-electron chi connectivity index (χ2n) is 25.1. The molecule has 0 saturated carbocycles. The average Bonchev–Trinajstić information content (AvgIpc) is 0.870. The second kappa shape index (κ2) is 41.8. The lowest BCUT2D eigenvalue weighted by Crippen LogP contribution is -2.04. The molecule has 12 aromatic rings. The number of aromatic carboxylic acids is 2. The molecule has 0 aliphatic heterocycles. The fourth-order valence-electron chi connectivity index (χ4n) is 10.9. The molecule has 0 aliphatic rings. The molecule has 17 nitrogen and oxygen atoms in total. The van der Waals surface area contributed by atoms with Gasteiger partial charge in [0.15, 0.2) is 0 Å². The summed E-state index contributed by atoms with van der Waals surface area (Å²) < 4.78 is 25.6. The lowest BCUT2D eigenvalue weighted by atomic mass is 10.1.